The van der Waals surface area contributed by atoms with Gasteiger partial charge < -0.3 is 4.74 Å². The molecule has 1 aliphatic heterocycles. The zero-order valence-electron chi connectivity index (χ0n) is 9.20. The van der Waals surface area contributed by atoms with Crippen molar-refractivity contribution in [2.45, 2.75) is 12.6 Å². The molecule has 0 saturated carbocycles. The summed E-state index contributed by atoms with van der Waals surface area (Å²) in [4.78, 5) is 1.92. The fourth-order valence-electron chi connectivity index (χ4n) is 1.82. The van der Waals surface area contributed by atoms with Gasteiger partial charge in [-0.1, -0.05) is 6.07 Å². The van der Waals surface area contributed by atoms with E-state index in [-0.39, 0.29) is 0 Å². The second-order valence-electron chi connectivity index (χ2n) is 3.96. The molecule has 2 rings (SSSR count). The molecule has 1 aromatic carbocycles. The summed E-state index contributed by atoms with van der Waals surface area (Å²) in [6, 6.07) is 5.57. The minimum Gasteiger partial charge on any atom is -0.361 e. The molecule has 0 aromatic heterocycles. The van der Waals surface area contributed by atoms with Crippen molar-refractivity contribution < 1.29 is 13.5 Å². The van der Waals surface area contributed by atoms with Gasteiger partial charge in [-0.2, -0.15) is 5.26 Å². The van der Waals surface area contributed by atoms with Gasteiger partial charge in [0.25, 0.3) is 0 Å². The van der Waals surface area contributed by atoms with Crippen molar-refractivity contribution in [1.29, 1.82) is 5.26 Å². The van der Waals surface area contributed by atoms with E-state index in [0.29, 0.717) is 31.8 Å². The number of rotatable bonds is 2. The van der Waals surface area contributed by atoms with Crippen LogP contribution in [-0.2, 0) is 11.3 Å². The molecule has 90 valence electrons. The molecule has 0 radical (unpaired) electrons. The highest BCUT2D eigenvalue weighted by Gasteiger charge is 2.20. The Kier molecular flexibility index (Phi) is 3.67. The highest BCUT2D eigenvalue weighted by Crippen LogP contribution is 2.14. The van der Waals surface area contributed by atoms with E-state index < -0.39 is 17.7 Å². The molecule has 0 spiro atoms. The Bertz CT molecular complexity index is 445. The van der Waals surface area contributed by atoms with E-state index in [1.807, 2.05) is 11.0 Å². The fraction of sp³-hybridized carbons (Fsp3) is 0.417. The smallest absolute Gasteiger partial charge is 0.156 e. The third kappa shape index (κ3) is 2.99. The molecule has 0 N–H and O–H groups in total. The zero-order chi connectivity index (χ0) is 12.3. The maximum absolute atomic E-state index is 13.4. The summed E-state index contributed by atoms with van der Waals surface area (Å²) >= 11 is 0. The standard InChI is InChI=1S/C12H12F2N2O/c13-10-2-1-9(12(14)5-10)7-16-3-4-17-11(6-15)8-16/h1-2,5,11H,3-4,7-8H2. The minimum absolute atomic E-state index is 0.369. The predicted molar refractivity (Wildman–Crippen MR) is 57.0 cm³/mol. The Morgan fingerprint density at radius 2 is 2.29 bits per heavy atom. The Morgan fingerprint density at radius 3 is 3.00 bits per heavy atom. The molecule has 0 bridgehead atoms. The molecule has 3 nitrogen and oxygen atoms in total. The Labute approximate surface area is 98.2 Å². The summed E-state index contributed by atoms with van der Waals surface area (Å²) in [6.45, 7) is 1.93. The third-order valence-electron chi connectivity index (χ3n) is 2.70. The maximum Gasteiger partial charge on any atom is 0.156 e. The summed E-state index contributed by atoms with van der Waals surface area (Å²) in [7, 11) is 0. The van der Waals surface area contributed by atoms with Crippen LogP contribution in [0.1, 0.15) is 5.56 Å². The van der Waals surface area contributed by atoms with Gasteiger partial charge in [0.15, 0.2) is 6.10 Å². The third-order valence-corrected chi connectivity index (χ3v) is 2.70. The monoisotopic (exact) mass is 238 g/mol. The Hall–Kier alpha value is -1.51. The van der Waals surface area contributed by atoms with Gasteiger partial charge in [-0.05, 0) is 6.07 Å². The van der Waals surface area contributed by atoms with Crippen LogP contribution in [0, 0.1) is 23.0 Å². The summed E-state index contributed by atoms with van der Waals surface area (Å²) < 4.78 is 31.3. The Morgan fingerprint density at radius 1 is 1.47 bits per heavy atom. The lowest BCUT2D eigenvalue weighted by molar-refractivity contribution is -0.00305. The van der Waals surface area contributed by atoms with Crippen LogP contribution >= 0.6 is 0 Å². The highest BCUT2D eigenvalue weighted by molar-refractivity contribution is 5.18. The van der Waals surface area contributed by atoms with Crippen molar-refractivity contribution in [2.75, 3.05) is 19.7 Å². The van der Waals surface area contributed by atoms with Gasteiger partial charge in [0.05, 0.1) is 12.7 Å². The first-order valence-corrected chi connectivity index (χ1v) is 5.36. The second-order valence-corrected chi connectivity index (χ2v) is 3.96. The number of nitrogens with zero attached hydrogens (tertiary/aromatic N) is 2. The second kappa shape index (κ2) is 5.21. The summed E-state index contributed by atoms with van der Waals surface area (Å²) in [5, 5.41) is 8.74. The normalized spacial score (nSPS) is 21.1. The largest absolute Gasteiger partial charge is 0.361 e. The van der Waals surface area contributed by atoms with E-state index in [1.165, 1.54) is 12.1 Å². The van der Waals surface area contributed by atoms with Crippen molar-refractivity contribution in [1.82, 2.24) is 4.90 Å². The molecule has 0 aliphatic carbocycles. The molecule has 1 saturated heterocycles. The van der Waals surface area contributed by atoms with Gasteiger partial charge in [0.2, 0.25) is 0 Å². The van der Waals surface area contributed by atoms with Crippen LogP contribution in [-0.4, -0.2) is 30.7 Å². The van der Waals surface area contributed by atoms with E-state index in [0.717, 1.165) is 6.07 Å². The molecule has 1 atom stereocenters. The predicted octanol–water partition coefficient (Wildman–Crippen LogP) is 1.69. The van der Waals surface area contributed by atoms with E-state index in [4.69, 9.17) is 10.00 Å². The maximum atomic E-state index is 13.4. The van der Waals surface area contributed by atoms with Crippen LogP contribution in [0.2, 0.25) is 0 Å². The van der Waals surface area contributed by atoms with Crippen LogP contribution in [0.15, 0.2) is 18.2 Å². The van der Waals surface area contributed by atoms with Crippen molar-refractivity contribution in [3.63, 3.8) is 0 Å². The topological polar surface area (TPSA) is 36.3 Å². The summed E-state index contributed by atoms with van der Waals surface area (Å²) in [6.07, 6.45) is -0.466. The first-order valence-electron chi connectivity index (χ1n) is 5.36. The molecule has 1 aromatic rings. The van der Waals surface area contributed by atoms with Crippen LogP contribution in [0.3, 0.4) is 0 Å². The van der Waals surface area contributed by atoms with Gasteiger partial charge in [0, 0.05) is 31.3 Å². The molecule has 1 unspecified atom stereocenters. The van der Waals surface area contributed by atoms with Crippen LogP contribution in [0.25, 0.3) is 0 Å². The number of benzene rings is 1. The average Bonchev–Trinajstić information content (AvgIpc) is 2.33. The van der Waals surface area contributed by atoms with Crippen LogP contribution in [0.4, 0.5) is 8.78 Å². The first-order chi connectivity index (χ1) is 8.19. The lowest BCUT2D eigenvalue weighted by Gasteiger charge is -2.29. The molecular formula is C12H12F2N2O. The molecule has 1 heterocycles. The molecule has 17 heavy (non-hydrogen) atoms. The van der Waals surface area contributed by atoms with Gasteiger partial charge in [-0.15, -0.1) is 0 Å². The van der Waals surface area contributed by atoms with E-state index in [1.54, 1.807) is 0 Å². The number of nitriles is 1. The van der Waals surface area contributed by atoms with Crippen LogP contribution in [0.5, 0.6) is 0 Å². The van der Waals surface area contributed by atoms with Gasteiger partial charge in [-0.3, -0.25) is 4.90 Å². The zero-order valence-corrected chi connectivity index (χ0v) is 9.20. The number of halogens is 2. The van der Waals surface area contributed by atoms with Gasteiger partial charge in [-0.25, -0.2) is 8.78 Å². The number of hydrogen-bond donors (Lipinski definition) is 0. The minimum atomic E-state index is -0.580. The quantitative estimate of drug-likeness (QED) is 0.786. The van der Waals surface area contributed by atoms with Crippen molar-refractivity contribution >= 4 is 0 Å². The van der Waals surface area contributed by atoms with Gasteiger partial charge in [0.1, 0.15) is 11.6 Å². The highest BCUT2D eigenvalue weighted by atomic mass is 19.1. The molecule has 0 amide bonds. The SMILES string of the molecule is N#CC1CN(Cc2ccc(F)cc2F)CCO1. The van der Waals surface area contributed by atoms with Crippen molar-refractivity contribution in [3.05, 3.63) is 35.4 Å². The first kappa shape index (κ1) is 12.0. The number of morpholine rings is 1. The van der Waals surface area contributed by atoms with Crippen LogP contribution < -0.4 is 0 Å². The van der Waals surface area contributed by atoms with E-state index in [9.17, 15) is 8.78 Å². The molecule has 1 aliphatic rings. The summed E-state index contributed by atoms with van der Waals surface area (Å²) in [5.74, 6) is -1.13. The van der Waals surface area contributed by atoms with Crippen molar-refractivity contribution in [3.8, 4) is 6.07 Å². The van der Waals surface area contributed by atoms with E-state index in [2.05, 4.69) is 0 Å². The lowest BCUT2D eigenvalue weighted by atomic mass is 10.1. The molecule has 5 heteroatoms. The van der Waals surface area contributed by atoms with Crippen molar-refractivity contribution in [2.24, 2.45) is 0 Å². The van der Waals surface area contributed by atoms with Gasteiger partial charge >= 0.3 is 0 Å². The fourth-order valence-corrected chi connectivity index (χ4v) is 1.82. The summed E-state index contributed by atoms with van der Waals surface area (Å²) in [5.41, 5.74) is 0.435. The molecular weight excluding hydrogens is 226 g/mol. The van der Waals surface area contributed by atoms with E-state index >= 15 is 0 Å². The number of ether oxygens (including phenoxy) is 1. The molecule has 1 fully saturated rings. The lowest BCUT2D eigenvalue weighted by Crippen LogP contribution is -2.41. The average molecular weight is 238 g/mol. The number of hydrogen-bond acceptors (Lipinski definition) is 3. The Balaban J connectivity index is 2.03.